The molecule has 1 aliphatic rings. The molecule has 27 heavy (non-hydrogen) atoms. The second-order valence-corrected chi connectivity index (χ2v) is 7.01. The Hall–Kier alpha value is -2.98. The third-order valence-corrected chi connectivity index (χ3v) is 4.54. The first-order valence-corrected chi connectivity index (χ1v) is 8.97. The predicted octanol–water partition coefficient (Wildman–Crippen LogP) is 2.56. The number of carbonyl (C=O) groups is 1. The molecule has 0 saturated heterocycles. The molecule has 0 amide bonds. The lowest BCUT2D eigenvalue weighted by molar-refractivity contribution is -0.286. The molecule has 0 aliphatic carbocycles. The maximum Gasteiger partial charge on any atom is 0.586 e. The normalized spacial score (nSPS) is 15.1. The Balaban J connectivity index is 1.84. The second-order valence-electron chi connectivity index (χ2n) is 5.48. The van der Waals surface area contributed by atoms with E-state index in [4.69, 9.17) is 9.88 Å². The summed E-state index contributed by atoms with van der Waals surface area (Å²) in [6, 6.07) is 7.80. The summed E-state index contributed by atoms with van der Waals surface area (Å²) in [5, 5.41) is 5.12. The van der Waals surface area contributed by atoms with Crippen molar-refractivity contribution in [3.05, 3.63) is 53.6 Å². The fourth-order valence-corrected chi connectivity index (χ4v) is 3.11. The van der Waals surface area contributed by atoms with E-state index in [2.05, 4.69) is 9.47 Å². The summed E-state index contributed by atoms with van der Waals surface area (Å²) in [5.74, 6) is -0.785. The van der Waals surface area contributed by atoms with Crippen LogP contribution in [0, 0.1) is 0 Å². The van der Waals surface area contributed by atoms with Crippen LogP contribution in [0.4, 0.5) is 8.78 Å². The Morgan fingerprint density at radius 3 is 2.52 bits per heavy atom. The predicted molar refractivity (Wildman–Crippen MR) is 90.4 cm³/mol. The zero-order valence-corrected chi connectivity index (χ0v) is 14.6. The standard InChI is InChI=1S/C17H13F2NO6S/c1-24-14-7-4-11(9-16(14)27(20,22)23)12(21)5-2-10-3-6-13-15(8-10)26-17(18,19)25-13/h2-9H,1H3,(H2,20,22,23)/b5-2+. The molecule has 0 radical (unpaired) electrons. The van der Waals surface area contributed by atoms with Gasteiger partial charge in [-0.3, -0.25) is 4.79 Å². The summed E-state index contributed by atoms with van der Waals surface area (Å²) in [5.41, 5.74) is 0.465. The Morgan fingerprint density at radius 1 is 1.15 bits per heavy atom. The first kappa shape index (κ1) is 18.8. The molecular formula is C17H13F2NO6S. The van der Waals surface area contributed by atoms with Gasteiger partial charge in [0.15, 0.2) is 17.3 Å². The van der Waals surface area contributed by atoms with Crippen LogP contribution in [-0.4, -0.2) is 27.6 Å². The Labute approximate surface area is 153 Å². The number of hydrogen-bond acceptors (Lipinski definition) is 6. The molecule has 0 unspecified atom stereocenters. The lowest BCUT2D eigenvalue weighted by Gasteiger charge is -2.07. The first-order valence-electron chi connectivity index (χ1n) is 7.42. The van der Waals surface area contributed by atoms with Crippen LogP contribution >= 0.6 is 0 Å². The lowest BCUT2D eigenvalue weighted by atomic mass is 10.1. The minimum Gasteiger partial charge on any atom is -0.495 e. The number of sulfonamides is 1. The number of rotatable bonds is 5. The van der Waals surface area contributed by atoms with Crippen LogP contribution in [0.1, 0.15) is 15.9 Å². The number of primary sulfonamides is 1. The molecule has 7 nitrogen and oxygen atoms in total. The van der Waals surface area contributed by atoms with Crippen molar-refractivity contribution in [1.82, 2.24) is 0 Å². The highest BCUT2D eigenvalue weighted by atomic mass is 32.2. The molecule has 10 heteroatoms. The molecule has 1 heterocycles. The van der Waals surface area contributed by atoms with E-state index in [-0.39, 0.29) is 27.7 Å². The molecule has 0 aromatic heterocycles. The van der Waals surface area contributed by atoms with Gasteiger partial charge in [0.25, 0.3) is 0 Å². The summed E-state index contributed by atoms with van der Waals surface area (Å²) >= 11 is 0. The quantitative estimate of drug-likeness (QED) is 0.614. The second kappa shape index (κ2) is 6.63. The van der Waals surface area contributed by atoms with Gasteiger partial charge in [0.1, 0.15) is 10.6 Å². The Morgan fingerprint density at radius 2 is 1.85 bits per heavy atom. The number of nitrogens with two attached hydrogens (primary N) is 1. The van der Waals surface area contributed by atoms with Crippen molar-refractivity contribution in [2.75, 3.05) is 7.11 Å². The molecule has 3 rings (SSSR count). The zero-order chi connectivity index (χ0) is 19.8. The van der Waals surface area contributed by atoms with Gasteiger partial charge in [0.05, 0.1) is 7.11 Å². The van der Waals surface area contributed by atoms with E-state index in [1.54, 1.807) is 0 Å². The molecule has 0 atom stereocenters. The molecule has 2 aromatic rings. The highest BCUT2D eigenvalue weighted by molar-refractivity contribution is 7.89. The third kappa shape index (κ3) is 4.07. The van der Waals surface area contributed by atoms with E-state index in [1.807, 2.05) is 0 Å². The maximum absolute atomic E-state index is 13.0. The number of ketones is 1. The van der Waals surface area contributed by atoms with Crippen LogP contribution in [-0.2, 0) is 10.0 Å². The van der Waals surface area contributed by atoms with Gasteiger partial charge in [-0.1, -0.05) is 12.1 Å². The first-order chi connectivity index (χ1) is 12.6. The van der Waals surface area contributed by atoms with Crippen LogP contribution in [0.2, 0.25) is 0 Å². The third-order valence-electron chi connectivity index (χ3n) is 3.61. The van der Waals surface area contributed by atoms with Crippen molar-refractivity contribution >= 4 is 21.9 Å². The number of halogens is 2. The molecule has 0 spiro atoms. The van der Waals surface area contributed by atoms with Gasteiger partial charge in [-0.25, -0.2) is 13.6 Å². The van der Waals surface area contributed by atoms with Crippen molar-refractivity contribution in [1.29, 1.82) is 0 Å². The zero-order valence-electron chi connectivity index (χ0n) is 13.8. The molecule has 0 saturated carbocycles. The highest BCUT2D eigenvalue weighted by Gasteiger charge is 2.43. The van der Waals surface area contributed by atoms with Crippen molar-refractivity contribution < 1.29 is 36.2 Å². The molecule has 2 N–H and O–H groups in total. The monoisotopic (exact) mass is 397 g/mol. The van der Waals surface area contributed by atoms with Crippen molar-refractivity contribution in [3.63, 3.8) is 0 Å². The van der Waals surface area contributed by atoms with Gasteiger partial charge in [-0.2, -0.15) is 0 Å². The fourth-order valence-electron chi connectivity index (χ4n) is 2.39. The summed E-state index contributed by atoms with van der Waals surface area (Å²) in [6.45, 7) is 0. The SMILES string of the molecule is COc1ccc(C(=O)/C=C/c2ccc3c(c2)OC(F)(F)O3)cc1S(N)(=O)=O. The van der Waals surface area contributed by atoms with Crippen LogP contribution in [0.15, 0.2) is 47.4 Å². The van der Waals surface area contributed by atoms with Crippen LogP contribution in [0.25, 0.3) is 6.08 Å². The highest BCUT2D eigenvalue weighted by Crippen LogP contribution is 2.41. The minimum absolute atomic E-state index is 0.00901. The van der Waals surface area contributed by atoms with Gasteiger partial charge in [0, 0.05) is 5.56 Å². The summed E-state index contributed by atoms with van der Waals surface area (Å²) in [7, 11) is -2.82. The van der Waals surface area contributed by atoms with E-state index >= 15 is 0 Å². The van der Waals surface area contributed by atoms with Crippen LogP contribution < -0.4 is 19.3 Å². The summed E-state index contributed by atoms with van der Waals surface area (Å²) < 4.78 is 62.8. The summed E-state index contributed by atoms with van der Waals surface area (Å²) in [6.07, 6.45) is -1.21. The van der Waals surface area contributed by atoms with E-state index in [1.165, 1.54) is 43.5 Å². The van der Waals surface area contributed by atoms with Crippen molar-refractivity contribution in [3.8, 4) is 17.2 Å². The van der Waals surface area contributed by atoms with E-state index in [0.717, 1.165) is 12.1 Å². The van der Waals surface area contributed by atoms with E-state index < -0.39 is 22.1 Å². The molecule has 142 valence electrons. The molecule has 1 aliphatic heterocycles. The van der Waals surface area contributed by atoms with Crippen molar-refractivity contribution in [2.45, 2.75) is 11.2 Å². The molecule has 2 aromatic carbocycles. The van der Waals surface area contributed by atoms with Gasteiger partial charge in [0.2, 0.25) is 10.0 Å². The molecule has 0 bridgehead atoms. The number of hydrogen-bond donors (Lipinski definition) is 1. The van der Waals surface area contributed by atoms with Crippen LogP contribution in [0.5, 0.6) is 17.2 Å². The lowest BCUT2D eigenvalue weighted by Crippen LogP contribution is -2.25. The summed E-state index contributed by atoms with van der Waals surface area (Å²) in [4.78, 5) is 12.0. The largest absolute Gasteiger partial charge is 0.586 e. The minimum atomic E-state index is -4.09. The number of allylic oxidation sites excluding steroid dienone is 1. The number of carbonyl (C=O) groups excluding carboxylic acids is 1. The van der Waals surface area contributed by atoms with Crippen molar-refractivity contribution in [2.24, 2.45) is 5.14 Å². The average Bonchev–Trinajstić information content (AvgIpc) is 2.91. The van der Waals surface area contributed by atoms with E-state index in [0.29, 0.717) is 5.56 Å². The number of fused-ring (bicyclic) bond motifs is 1. The maximum atomic E-state index is 13.0. The Bertz CT molecular complexity index is 1050. The smallest absolute Gasteiger partial charge is 0.495 e. The average molecular weight is 397 g/mol. The topological polar surface area (TPSA) is 105 Å². The molecular weight excluding hydrogens is 384 g/mol. The van der Waals surface area contributed by atoms with Gasteiger partial charge >= 0.3 is 6.29 Å². The van der Waals surface area contributed by atoms with Crippen LogP contribution in [0.3, 0.4) is 0 Å². The van der Waals surface area contributed by atoms with Gasteiger partial charge < -0.3 is 14.2 Å². The fraction of sp³-hybridized carbons (Fsp3) is 0.118. The number of ether oxygens (including phenoxy) is 3. The number of methoxy groups -OCH3 is 1. The molecule has 0 fully saturated rings. The number of alkyl halides is 2. The number of benzene rings is 2. The van der Waals surface area contributed by atoms with Gasteiger partial charge in [-0.05, 0) is 42.0 Å². The Kier molecular flexibility index (Phi) is 4.62. The van der Waals surface area contributed by atoms with E-state index in [9.17, 15) is 22.0 Å². The van der Waals surface area contributed by atoms with Gasteiger partial charge in [-0.15, -0.1) is 8.78 Å².